The fourth-order valence-corrected chi connectivity index (χ4v) is 4.51. The first kappa shape index (κ1) is 17.9. The summed E-state index contributed by atoms with van der Waals surface area (Å²) in [6.45, 7) is 2.08. The second kappa shape index (κ2) is 6.93. The largest absolute Gasteiger partial charge is 0.481 e. The molecule has 1 saturated heterocycles. The summed E-state index contributed by atoms with van der Waals surface area (Å²) < 4.78 is 32.0. The monoisotopic (exact) mass is 373 g/mol. The molecule has 0 aromatic heterocycles. The zero-order valence-electron chi connectivity index (χ0n) is 14.8. The fourth-order valence-electron chi connectivity index (χ4n) is 4.51. The highest BCUT2D eigenvalue weighted by Crippen LogP contribution is 2.49. The van der Waals surface area contributed by atoms with E-state index in [1.807, 2.05) is 12.1 Å². The van der Waals surface area contributed by atoms with Crippen molar-refractivity contribution in [3.8, 4) is 11.5 Å². The molecule has 1 aliphatic heterocycles. The van der Waals surface area contributed by atoms with Gasteiger partial charge in [-0.15, -0.1) is 0 Å². The number of hydrogen-bond donors (Lipinski definition) is 1. The molecule has 4 nitrogen and oxygen atoms in total. The van der Waals surface area contributed by atoms with Gasteiger partial charge in [0.05, 0.1) is 5.41 Å². The summed E-state index contributed by atoms with van der Waals surface area (Å²) in [6, 6.07) is 10.4. The highest BCUT2D eigenvalue weighted by Gasteiger charge is 2.54. The normalized spacial score (nSPS) is 24.7. The fraction of sp³-hybridized carbons (Fsp3) is 0.381. The van der Waals surface area contributed by atoms with E-state index in [2.05, 4.69) is 4.90 Å². The molecule has 2 fully saturated rings. The Morgan fingerprint density at radius 2 is 1.85 bits per heavy atom. The van der Waals surface area contributed by atoms with Gasteiger partial charge in [-0.2, -0.15) is 0 Å². The molecule has 0 unspecified atom stereocenters. The van der Waals surface area contributed by atoms with E-state index >= 15 is 0 Å². The van der Waals surface area contributed by atoms with Crippen LogP contribution < -0.4 is 4.74 Å². The molecular weight excluding hydrogens is 352 g/mol. The topological polar surface area (TPSA) is 49.8 Å². The van der Waals surface area contributed by atoms with Crippen LogP contribution in [0.3, 0.4) is 0 Å². The Bertz CT molecular complexity index is 835. The van der Waals surface area contributed by atoms with E-state index in [9.17, 15) is 18.7 Å². The van der Waals surface area contributed by atoms with Crippen molar-refractivity contribution in [2.75, 3.05) is 13.1 Å². The van der Waals surface area contributed by atoms with Gasteiger partial charge >= 0.3 is 5.97 Å². The molecule has 142 valence electrons. The second-order valence-electron chi connectivity index (χ2n) is 7.57. The quantitative estimate of drug-likeness (QED) is 0.842. The van der Waals surface area contributed by atoms with Gasteiger partial charge in [-0.1, -0.05) is 18.6 Å². The third kappa shape index (κ3) is 3.54. The Morgan fingerprint density at radius 3 is 2.48 bits per heavy atom. The smallest absolute Gasteiger partial charge is 0.311 e. The number of ether oxygens (including phenoxy) is 1. The lowest BCUT2D eigenvalue weighted by Gasteiger charge is -2.23. The second-order valence-corrected chi connectivity index (χ2v) is 7.57. The molecule has 0 bridgehead atoms. The summed E-state index contributed by atoms with van der Waals surface area (Å²) in [7, 11) is 0. The number of carbonyl (C=O) groups is 1. The molecule has 6 heteroatoms. The number of carboxylic acid groups (broad SMARTS) is 1. The number of benzene rings is 2. The number of fused-ring (bicyclic) bond motifs is 1. The Kier molecular flexibility index (Phi) is 4.60. The van der Waals surface area contributed by atoms with Gasteiger partial charge in [-0.05, 0) is 36.5 Å². The van der Waals surface area contributed by atoms with Crippen molar-refractivity contribution in [1.29, 1.82) is 0 Å². The van der Waals surface area contributed by atoms with Crippen LogP contribution >= 0.6 is 0 Å². The predicted molar refractivity (Wildman–Crippen MR) is 95.6 cm³/mol. The Hall–Kier alpha value is -2.47. The highest BCUT2D eigenvalue weighted by molar-refractivity contribution is 5.76. The van der Waals surface area contributed by atoms with Crippen molar-refractivity contribution >= 4 is 5.97 Å². The first-order valence-corrected chi connectivity index (χ1v) is 9.13. The van der Waals surface area contributed by atoms with Crippen molar-refractivity contribution in [2.45, 2.75) is 25.8 Å². The summed E-state index contributed by atoms with van der Waals surface area (Å²) in [5, 5.41) is 9.68. The van der Waals surface area contributed by atoms with Crippen LogP contribution in [0.4, 0.5) is 8.78 Å². The average molecular weight is 373 g/mol. The van der Waals surface area contributed by atoms with Crippen molar-refractivity contribution in [2.24, 2.45) is 11.3 Å². The number of carboxylic acids is 1. The van der Waals surface area contributed by atoms with Crippen LogP contribution in [0.25, 0.3) is 0 Å². The minimum Gasteiger partial charge on any atom is -0.481 e. The van der Waals surface area contributed by atoms with E-state index in [1.165, 1.54) is 0 Å². The van der Waals surface area contributed by atoms with Crippen LogP contribution in [0, 0.1) is 23.0 Å². The highest BCUT2D eigenvalue weighted by atomic mass is 19.1. The van der Waals surface area contributed by atoms with E-state index in [1.54, 1.807) is 12.1 Å². The average Bonchev–Trinajstić information content (AvgIpc) is 3.13. The first-order valence-electron chi connectivity index (χ1n) is 9.13. The standard InChI is InChI=1S/C21H21F2NO3/c22-16-8-17(23)10-19(9-16)27-18-5-3-14(4-6-18)11-24-12-15-2-1-7-21(15,13-24)20(25)26/h3-6,8-10,15H,1-2,7,11-13H2,(H,25,26)/t15-,21+/m0/s1. The van der Waals surface area contributed by atoms with Crippen molar-refractivity contribution in [3.63, 3.8) is 0 Å². The van der Waals surface area contributed by atoms with Gasteiger partial charge in [0.2, 0.25) is 0 Å². The van der Waals surface area contributed by atoms with E-state index in [4.69, 9.17) is 4.74 Å². The van der Waals surface area contributed by atoms with Gasteiger partial charge in [0, 0.05) is 37.8 Å². The van der Waals surface area contributed by atoms with Gasteiger partial charge in [0.25, 0.3) is 0 Å². The van der Waals surface area contributed by atoms with Crippen LogP contribution in [0.5, 0.6) is 11.5 Å². The lowest BCUT2D eigenvalue weighted by Crippen LogP contribution is -2.35. The summed E-state index contributed by atoms with van der Waals surface area (Å²) in [5.41, 5.74) is 0.470. The molecule has 1 aliphatic carbocycles. The SMILES string of the molecule is O=C(O)[C@@]12CCC[C@H]1CN(Cc1ccc(Oc3cc(F)cc(F)c3)cc1)C2. The lowest BCUT2D eigenvalue weighted by molar-refractivity contribution is -0.149. The number of likely N-dealkylation sites (tertiary alicyclic amines) is 1. The van der Waals surface area contributed by atoms with E-state index in [-0.39, 0.29) is 11.7 Å². The van der Waals surface area contributed by atoms with Gasteiger partial charge in [0.15, 0.2) is 0 Å². The predicted octanol–water partition coefficient (Wildman–Crippen LogP) is 4.44. The summed E-state index contributed by atoms with van der Waals surface area (Å²) in [6.07, 6.45) is 2.75. The Morgan fingerprint density at radius 1 is 1.15 bits per heavy atom. The third-order valence-corrected chi connectivity index (χ3v) is 5.77. The van der Waals surface area contributed by atoms with Crippen molar-refractivity contribution in [1.82, 2.24) is 4.90 Å². The maximum Gasteiger partial charge on any atom is 0.311 e. The molecule has 0 radical (unpaired) electrons. The zero-order valence-corrected chi connectivity index (χ0v) is 14.8. The zero-order chi connectivity index (χ0) is 19.0. The molecule has 4 rings (SSSR count). The van der Waals surface area contributed by atoms with Gasteiger partial charge in [-0.3, -0.25) is 9.69 Å². The van der Waals surface area contributed by atoms with Crippen LogP contribution in [-0.2, 0) is 11.3 Å². The maximum atomic E-state index is 13.2. The number of halogens is 2. The molecule has 2 atom stereocenters. The Labute approximate surface area is 156 Å². The number of rotatable bonds is 5. The Balaban J connectivity index is 1.41. The van der Waals surface area contributed by atoms with Crippen LogP contribution in [0.1, 0.15) is 24.8 Å². The van der Waals surface area contributed by atoms with E-state index in [0.717, 1.165) is 49.6 Å². The van der Waals surface area contributed by atoms with Gasteiger partial charge < -0.3 is 9.84 Å². The third-order valence-electron chi connectivity index (χ3n) is 5.77. The van der Waals surface area contributed by atoms with Crippen LogP contribution in [0.15, 0.2) is 42.5 Å². The molecule has 0 spiro atoms. The van der Waals surface area contributed by atoms with E-state index in [0.29, 0.717) is 18.8 Å². The van der Waals surface area contributed by atoms with Crippen molar-refractivity contribution in [3.05, 3.63) is 59.7 Å². The van der Waals surface area contributed by atoms with Crippen molar-refractivity contribution < 1.29 is 23.4 Å². The van der Waals surface area contributed by atoms with Gasteiger partial charge in [-0.25, -0.2) is 8.78 Å². The lowest BCUT2D eigenvalue weighted by atomic mass is 9.81. The van der Waals surface area contributed by atoms with Gasteiger partial charge in [0.1, 0.15) is 23.1 Å². The van der Waals surface area contributed by atoms with E-state index < -0.39 is 23.0 Å². The first-order chi connectivity index (χ1) is 12.9. The van der Waals surface area contributed by atoms with Crippen LogP contribution in [-0.4, -0.2) is 29.1 Å². The molecule has 1 heterocycles. The molecule has 2 aromatic carbocycles. The summed E-state index contributed by atoms with van der Waals surface area (Å²) in [4.78, 5) is 14.0. The minimum absolute atomic E-state index is 0.107. The number of nitrogens with zero attached hydrogens (tertiary/aromatic N) is 1. The molecule has 27 heavy (non-hydrogen) atoms. The molecule has 0 amide bonds. The molecule has 2 aliphatic rings. The van der Waals surface area contributed by atoms with Crippen LogP contribution in [0.2, 0.25) is 0 Å². The maximum absolute atomic E-state index is 13.2. The minimum atomic E-state index is -0.687. The molecule has 1 N–H and O–H groups in total. The molecule has 2 aromatic rings. The summed E-state index contributed by atoms with van der Waals surface area (Å²) in [5.74, 6) is -1.21. The number of aliphatic carboxylic acids is 1. The summed E-state index contributed by atoms with van der Waals surface area (Å²) >= 11 is 0. The number of hydrogen-bond acceptors (Lipinski definition) is 3. The molecule has 1 saturated carbocycles. The molecular formula is C21H21F2NO3.